The molecule has 1 heterocycles. The molecule has 2 atom stereocenters. The van der Waals surface area contributed by atoms with Gasteiger partial charge in [-0.15, -0.1) is 0 Å². The first-order chi connectivity index (χ1) is 21.9. The van der Waals surface area contributed by atoms with Crippen LogP contribution in [0.3, 0.4) is 0 Å². The molecular weight excluding hydrogens is 582 g/mol. The van der Waals surface area contributed by atoms with E-state index in [4.69, 9.17) is 8.92 Å². The summed E-state index contributed by atoms with van der Waals surface area (Å²) in [5.41, 5.74) is 6.11. The molecule has 7 heteroatoms. The number of hydrogen-bond donors (Lipinski definition) is 0. The number of hydrogen-bond acceptors (Lipinski definition) is 6. The van der Waals surface area contributed by atoms with Crippen LogP contribution in [0.2, 0.25) is 0 Å². The SMILES string of the molecule is Cc1ccc(S(=O)(=O)O[C@@H]2C[C@@H](C(=O)OCc3ccccc3)N(C3(c4ccccc4)c4ccccc4-c4ccccc43)C2)cc1. The average molecular weight is 616 g/mol. The van der Waals surface area contributed by atoms with E-state index >= 15 is 0 Å². The van der Waals surface area contributed by atoms with Crippen LogP contribution < -0.4 is 0 Å². The number of benzene rings is 5. The zero-order valence-electron chi connectivity index (χ0n) is 24.9. The van der Waals surface area contributed by atoms with Crippen LogP contribution in [0.15, 0.2) is 138 Å². The van der Waals surface area contributed by atoms with Gasteiger partial charge in [-0.05, 0) is 52.4 Å². The molecule has 5 aromatic rings. The molecule has 1 fully saturated rings. The predicted molar refractivity (Wildman–Crippen MR) is 173 cm³/mol. The molecule has 0 radical (unpaired) electrons. The molecule has 2 aliphatic rings. The number of carbonyl (C=O) groups excluding carboxylic acids is 1. The van der Waals surface area contributed by atoms with E-state index in [2.05, 4.69) is 41.3 Å². The third-order valence-electron chi connectivity index (χ3n) is 8.88. The second kappa shape index (κ2) is 11.7. The standard InChI is InChI=1S/C38H33NO5S/c1-27-20-22-31(23-21-27)45(41,42)44-30-24-36(37(40)43-26-28-12-4-2-5-13-28)39(25-30)38(29-14-6-3-7-15-29)34-18-10-8-16-32(34)33-17-9-11-19-35(33)38/h2-23,30,36H,24-26H2,1H3/t30-,36+/m1/s1. The first-order valence-corrected chi connectivity index (χ1v) is 16.5. The van der Waals surface area contributed by atoms with Crippen molar-refractivity contribution in [2.45, 2.75) is 42.5 Å². The second-order valence-corrected chi connectivity index (χ2v) is 13.2. The largest absolute Gasteiger partial charge is 0.460 e. The van der Waals surface area contributed by atoms with Crippen molar-refractivity contribution in [3.63, 3.8) is 0 Å². The Balaban J connectivity index is 1.35. The van der Waals surface area contributed by atoms with Crippen LogP contribution in [0, 0.1) is 6.92 Å². The minimum absolute atomic E-state index is 0.0871. The van der Waals surface area contributed by atoms with Gasteiger partial charge in [0.15, 0.2) is 0 Å². The maximum Gasteiger partial charge on any atom is 0.323 e. The molecule has 45 heavy (non-hydrogen) atoms. The van der Waals surface area contributed by atoms with E-state index in [1.165, 1.54) is 0 Å². The van der Waals surface area contributed by atoms with Crippen molar-refractivity contribution in [2.75, 3.05) is 6.54 Å². The first kappa shape index (κ1) is 29.2. The van der Waals surface area contributed by atoms with E-state index in [1.807, 2.05) is 79.7 Å². The zero-order chi connectivity index (χ0) is 31.0. The number of nitrogens with zero attached hydrogens (tertiary/aromatic N) is 1. The topological polar surface area (TPSA) is 72.9 Å². The van der Waals surface area contributed by atoms with Gasteiger partial charge in [-0.25, -0.2) is 0 Å². The van der Waals surface area contributed by atoms with Gasteiger partial charge in [-0.1, -0.05) is 127 Å². The minimum Gasteiger partial charge on any atom is -0.460 e. The van der Waals surface area contributed by atoms with Crippen molar-refractivity contribution in [3.8, 4) is 11.1 Å². The number of esters is 1. The molecule has 0 amide bonds. The molecule has 6 nitrogen and oxygen atoms in total. The molecule has 0 N–H and O–H groups in total. The number of carbonyl (C=O) groups is 1. The Morgan fingerprint density at radius 1 is 0.756 bits per heavy atom. The highest BCUT2D eigenvalue weighted by Crippen LogP contribution is 2.56. The quantitative estimate of drug-likeness (QED) is 0.140. The fourth-order valence-electron chi connectivity index (χ4n) is 6.90. The lowest BCUT2D eigenvalue weighted by Gasteiger charge is -2.43. The molecule has 226 valence electrons. The number of fused-ring (bicyclic) bond motifs is 3. The summed E-state index contributed by atoms with van der Waals surface area (Å²) in [6.45, 7) is 2.20. The molecule has 7 rings (SSSR count). The third kappa shape index (κ3) is 5.17. The number of rotatable bonds is 8. The van der Waals surface area contributed by atoms with Crippen LogP contribution in [0.1, 0.15) is 34.2 Å². The number of ether oxygens (including phenoxy) is 1. The maximum absolute atomic E-state index is 14.1. The van der Waals surface area contributed by atoms with Gasteiger partial charge in [0.2, 0.25) is 0 Å². The number of aryl methyl sites for hydroxylation is 1. The van der Waals surface area contributed by atoms with Crippen molar-refractivity contribution in [2.24, 2.45) is 0 Å². The Morgan fingerprint density at radius 2 is 1.31 bits per heavy atom. The van der Waals surface area contributed by atoms with Gasteiger partial charge in [0.05, 0.1) is 16.5 Å². The summed E-state index contributed by atoms with van der Waals surface area (Å²) >= 11 is 0. The Labute approximate surface area is 264 Å². The molecule has 1 saturated heterocycles. The highest BCUT2D eigenvalue weighted by atomic mass is 32.2. The fourth-order valence-corrected chi connectivity index (χ4v) is 7.98. The van der Waals surface area contributed by atoms with Crippen LogP contribution in [0.4, 0.5) is 0 Å². The zero-order valence-corrected chi connectivity index (χ0v) is 25.7. The van der Waals surface area contributed by atoms with E-state index in [0.29, 0.717) is 0 Å². The monoisotopic (exact) mass is 615 g/mol. The predicted octanol–water partition coefficient (Wildman–Crippen LogP) is 6.86. The lowest BCUT2D eigenvalue weighted by molar-refractivity contribution is -0.151. The molecule has 0 bridgehead atoms. The van der Waals surface area contributed by atoms with E-state index < -0.39 is 33.8 Å². The molecule has 0 unspecified atom stereocenters. The fraction of sp³-hybridized carbons (Fsp3) is 0.184. The van der Waals surface area contributed by atoms with Crippen LogP contribution >= 0.6 is 0 Å². The van der Waals surface area contributed by atoms with Crippen LogP contribution in [0.25, 0.3) is 11.1 Å². The van der Waals surface area contributed by atoms with Crippen LogP contribution in [-0.4, -0.2) is 38.0 Å². The van der Waals surface area contributed by atoms with E-state index in [-0.39, 0.29) is 24.5 Å². The molecule has 1 aliphatic heterocycles. The van der Waals surface area contributed by atoms with Crippen molar-refractivity contribution < 1.29 is 22.1 Å². The summed E-state index contributed by atoms with van der Waals surface area (Å²) in [4.78, 5) is 16.3. The third-order valence-corrected chi connectivity index (χ3v) is 10.3. The molecule has 0 spiro atoms. The summed E-state index contributed by atoms with van der Waals surface area (Å²) in [6.07, 6.45) is -0.636. The highest BCUT2D eigenvalue weighted by Gasteiger charge is 2.56. The van der Waals surface area contributed by atoms with Gasteiger partial charge in [-0.3, -0.25) is 13.9 Å². The van der Waals surface area contributed by atoms with Gasteiger partial charge in [-0.2, -0.15) is 8.42 Å². The van der Waals surface area contributed by atoms with Crippen molar-refractivity contribution in [1.82, 2.24) is 4.90 Å². The van der Waals surface area contributed by atoms with Crippen LogP contribution in [-0.2, 0) is 36.0 Å². The van der Waals surface area contributed by atoms with Crippen molar-refractivity contribution >= 4 is 16.1 Å². The summed E-state index contributed by atoms with van der Waals surface area (Å²) in [7, 11) is -4.10. The summed E-state index contributed by atoms with van der Waals surface area (Å²) in [5.74, 6) is -0.421. The molecule has 0 aromatic heterocycles. The molecule has 1 aliphatic carbocycles. The maximum atomic E-state index is 14.1. The van der Waals surface area contributed by atoms with E-state index in [9.17, 15) is 13.2 Å². The van der Waals surface area contributed by atoms with Crippen molar-refractivity contribution in [3.05, 3.63) is 161 Å². The molecule has 5 aromatic carbocycles. The first-order valence-electron chi connectivity index (χ1n) is 15.1. The highest BCUT2D eigenvalue weighted by molar-refractivity contribution is 7.86. The number of likely N-dealkylation sites (tertiary alicyclic amines) is 1. The summed E-state index contributed by atoms with van der Waals surface area (Å²) < 4.78 is 38.9. The van der Waals surface area contributed by atoms with Gasteiger partial charge < -0.3 is 4.74 Å². The lowest BCUT2D eigenvalue weighted by Crippen LogP contribution is -2.52. The average Bonchev–Trinajstić information content (AvgIpc) is 3.62. The summed E-state index contributed by atoms with van der Waals surface area (Å²) in [5, 5.41) is 0. The Hall–Kier alpha value is -4.56. The molecular formula is C38H33NO5S. The van der Waals surface area contributed by atoms with Crippen LogP contribution in [0.5, 0.6) is 0 Å². The lowest BCUT2D eigenvalue weighted by atomic mass is 9.78. The summed E-state index contributed by atoms with van der Waals surface area (Å²) in [6, 6.07) is 41.9. The molecule has 0 saturated carbocycles. The Morgan fingerprint density at radius 3 is 1.93 bits per heavy atom. The minimum atomic E-state index is -4.10. The smallest absolute Gasteiger partial charge is 0.323 e. The van der Waals surface area contributed by atoms with Crippen molar-refractivity contribution in [1.29, 1.82) is 0 Å². The van der Waals surface area contributed by atoms with E-state index in [0.717, 1.165) is 38.9 Å². The van der Waals surface area contributed by atoms with Gasteiger partial charge in [0.1, 0.15) is 12.6 Å². The normalized spacial score (nSPS) is 18.7. The van der Waals surface area contributed by atoms with Gasteiger partial charge in [0, 0.05) is 13.0 Å². The Kier molecular flexibility index (Phi) is 7.61. The van der Waals surface area contributed by atoms with E-state index in [1.54, 1.807) is 24.3 Å². The van der Waals surface area contributed by atoms with Gasteiger partial charge in [0.25, 0.3) is 10.1 Å². The van der Waals surface area contributed by atoms with Gasteiger partial charge >= 0.3 is 5.97 Å². The Bertz CT molecular complexity index is 1900. The second-order valence-electron chi connectivity index (χ2n) is 11.7.